The number of hydrogen-bond donors (Lipinski definition) is 1. The van der Waals surface area contributed by atoms with E-state index in [1.54, 1.807) is 11.9 Å². The molecule has 0 atom stereocenters. The molecule has 1 heterocycles. The molecule has 28 heavy (non-hydrogen) atoms. The Balaban J connectivity index is 0.00000392. The van der Waals surface area contributed by atoms with E-state index in [1.165, 1.54) is 0 Å². The lowest BCUT2D eigenvalue weighted by molar-refractivity contribution is -0.133. The molecule has 7 heteroatoms. The lowest BCUT2D eigenvalue weighted by Crippen LogP contribution is -2.41. The zero-order valence-corrected chi connectivity index (χ0v) is 18.0. The van der Waals surface area contributed by atoms with Gasteiger partial charge in [0, 0.05) is 44.8 Å². The first-order valence-electron chi connectivity index (χ1n) is 9.87. The van der Waals surface area contributed by atoms with Crippen molar-refractivity contribution in [2.24, 2.45) is 11.7 Å². The number of amides is 2. The molecule has 2 amide bonds. The van der Waals surface area contributed by atoms with Crippen LogP contribution in [0.2, 0.25) is 0 Å². The molecule has 0 saturated carbocycles. The second kappa shape index (κ2) is 12.0. The lowest BCUT2D eigenvalue weighted by atomic mass is 10.1. The highest BCUT2D eigenvalue weighted by atomic mass is 35.5. The molecular formula is C21H34ClN3O3. The summed E-state index contributed by atoms with van der Waals surface area (Å²) in [5.41, 5.74) is 7.20. The van der Waals surface area contributed by atoms with Crippen molar-refractivity contribution in [2.45, 2.75) is 45.8 Å². The Kier molecular flexibility index (Phi) is 10.5. The van der Waals surface area contributed by atoms with E-state index in [0.29, 0.717) is 25.3 Å². The smallest absolute Gasteiger partial charge is 0.253 e. The lowest BCUT2D eigenvalue weighted by Gasteiger charge is -2.32. The summed E-state index contributed by atoms with van der Waals surface area (Å²) >= 11 is 0. The normalized spacial score (nSPS) is 14.7. The van der Waals surface area contributed by atoms with Crippen LogP contribution in [0.3, 0.4) is 0 Å². The molecule has 0 unspecified atom stereocenters. The fourth-order valence-electron chi connectivity index (χ4n) is 3.29. The molecule has 1 aliphatic heterocycles. The predicted octanol–water partition coefficient (Wildman–Crippen LogP) is 2.69. The van der Waals surface area contributed by atoms with Crippen LogP contribution in [0.15, 0.2) is 24.3 Å². The zero-order chi connectivity index (χ0) is 19.8. The third kappa shape index (κ3) is 7.08. The minimum Gasteiger partial charge on any atom is -0.378 e. The first kappa shape index (κ1) is 24.4. The van der Waals surface area contributed by atoms with E-state index >= 15 is 0 Å². The van der Waals surface area contributed by atoms with Crippen LogP contribution < -0.4 is 5.73 Å². The molecule has 1 aromatic rings. The third-order valence-corrected chi connectivity index (χ3v) is 4.92. The van der Waals surface area contributed by atoms with E-state index in [0.717, 1.165) is 37.9 Å². The van der Waals surface area contributed by atoms with Crippen molar-refractivity contribution < 1.29 is 14.3 Å². The highest BCUT2D eigenvalue weighted by Crippen LogP contribution is 2.17. The van der Waals surface area contributed by atoms with Crippen LogP contribution in [0, 0.1) is 5.92 Å². The van der Waals surface area contributed by atoms with Crippen molar-refractivity contribution in [3.05, 3.63) is 35.4 Å². The van der Waals surface area contributed by atoms with E-state index in [4.69, 9.17) is 10.5 Å². The molecule has 0 radical (unpaired) electrons. The molecule has 2 rings (SSSR count). The number of ether oxygens (including phenoxy) is 1. The molecule has 0 aliphatic carbocycles. The van der Waals surface area contributed by atoms with Gasteiger partial charge in [-0.2, -0.15) is 0 Å². The van der Waals surface area contributed by atoms with Crippen molar-refractivity contribution in [2.75, 3.05) is 33.3 Å². The van der Waals surface area contributed by atoms with E-state index in [-0.39, 0.29) is 36.2 Å². The van der Waals surface area contributed by atoms with Crippen LogP contribution in [0.4, 0.5) is 0 Å². The van der Waals surface area contributed by atoms with Gasteiger partial charge in [0.15, 0.2) is 0 Å². The van der Waals surface area contributed by atoms with Gasteiger partial charge in [-0.1, -0.05) is 26.0 Å². The van der Waals surface area contributed by atoms with Crippen LogP contribution in [-0.4, -0.2) is 61.0 Å². The van der Waals surface area contributed by atoms with Gasteiger partial charge in [-0.15, -0.1) is 12.4 Å². The average molecular weight is 412 g/mol. The number of halogens is 1. The molecule has 6 nitrogen and oxygen atoms in total. The number of benzene rings is 1. The van der Waals surface area contributed by atoms with Crippen LogP contribution in [0.1, 0.15) is 49.0 Å². The largest absolute Gasteiger partial charge is 0.378 e. The maximum atomic E-state index is 12.7. The number of hydrogen-bond acceptors (Lipinski definition) is 4. The van der Waals surface area contributed by atoms with Gasteiger partial charge in [-0.3, -0.25) is 9.59 Å². The zero-order valence-electron chi connectivity index (χ0n) is 17.2. The van der Waals surface area contributed by atoms with E-state index < -0.39 is 0 Å². The van der Waals surface area contributed by atoms with Gasteiger partial charge in [0.2, 0.25) is 5.91 Å². The molecule has 1 saturated heterocycles. The Morgan fingerprint density at radius 1 is 1.21 bits per heavy atom. The van der Waals surface area contributed by atoms with Crippen molar-refractivity contribution >= 4 is 24.2 Å². The number of piperidine rings is 1. The number of nitrogens with two attached hydrogens (primary N) is 1. The molecular weight excluding hydrogens is 378 g/mol. The van der Waals surface area contributed by atoms with Crippen molar-refractivity contribution in [1.82, 2.24) is 9.80 Å². The van der Waals surface area contributed by atoms with Crippen LogP contribution >= 0.6 is 12.4 Å². The summed E-state index contributed by atoms with van der Waals surface area (Å²) in [6.45, 7) is 7.13. The van der Waals surface area contributed by atoms with Crippen LogP contribution in [0.5, 0.6) is 0 Å². The Bertz CT molecular complexity index is 614. The second-order valence-electron chi connectivity index (χ2n) is 7.55. The molecule has 0 aromatic heterocycles. The second-order valence-corrected chi connectivity index (χ2v) is 7.55. The Morgan fingerprint density at radius 2 is 1.82 bits per heavy atom. The van der Waals surface area contributed by atoms with Crippen molar-refractivity contribution in [1.29, 1.82) is 0 Å². The minimum absolute atomic E-state index is 0. The van der Waals surface area contributed by atoms with Gasteiger partial charge in [0.05, 0.1) is 6.10 Å². The van der Waals surface area contributed by atoms with Gasteiger partial charge in [-0.05, 0) is 43.5 Å². The number of nitrogens with zero attached hydrogens (tertiary/aromatic N) is 2. The molecule has 0 spiro atoms. The fraction of sp³-hybridized carbons (Fsp3) is 0.619. The molecule has 1 aromatic carbocycles. The third-order valence-electron chi connectivity index (χ3n) is 4.92. The molecule has 0 bridgehead atoms. The summed E-state index contributed by atoms with van der Waals surface area (Å²) < 4.78 is 5.80. The Morgan fingerprint density at radius 3 is 2.36 bits per heavy atom. The van der Waals surface area contributed by atoms with Crippen LogP contribution in [0.25, 0.3) is 0 Å². The summed E-state index contributed by atoms with van der Waals surface area (Å²) in [6.07, 6.45) is 2.85. The first-order valence-corrected chi connectivity index (χ1v) is 9.87. The number of rotatable bonds is 8. The van der Waals surface area contributed by atoms with E-state index in [1.807, 2.05) is 43.0 Å². The van der Waals surface area contributed by atoms with Crippen LogP contribution in [-0.2, 0) is 16.1 Å². The molecule has 1 aliphatic rings. The standard InChI is InChI=1S/C21H33N3O3.ClH/c1-16(2)20(25)23(3)15-17-5-7-18(8-6-17)21(26)24-12-9-19(10-13-24)27-14-4-11-22;/h5-8,16,19H,4,9-15,22H2,1-3H3;1H. The average Bonchev–Trinajstić information content (AvgIpc) is 2.68. The first-order chi connectivity index (χ1) is 12.9. The SMILES string of the molecule is CC(C)C(=O)N(C)Cc1ccc(C(=O)N2CCC(OCCCN)CC2)cc1.Cl. The highest BCUT2D eigenvalue weighted by molar-refractivity contribution is 5.94. The van der Waals surface area contributed by atoms with Gasteiger partial charge < -0.3 is 20.3 Å². The van der Waals surface area contributed by atoms with Gasteiger partial charge in [0.1, 0.15) is 0 Å². The van der Waals surface area contributed by atoms with Gasteiger partial charge in [0.25, 0.3) is 5.91 Å². The number of carbonyl (C=O) groups excluding carboxylic acids is 2. The maximum absolute atomic E-state index is 12.7. The van der Waals surface area contributed by atoms with Crippen molar-refractivity contribution in [3.8, 4) is 0 Å². The predicted molar refractivity (Wildman–Crippen MR) is 114 cm³/mol. The van der Waals surface area contributed by atoms with Gasteiger partial charge in [-0.25, -0.2) is 0 Å². The number of likely N-dealkylation sites (tertiary alicyclic amines) is 1. The quantitative estimate of drug-likeness (QED) is 0.667. The fourth-order valence-corrected chi connectivity index (χ4v) is 3.29. The molecule has 1 fully saturated rings. The van der Waals surface area contributed by atoms with E-state index in [2.05, 4.69) is 0 Å². The summed E-state index contributed by atoms with van der Waals surface area (Å²) in [5.74, 6) is 0.165. The Hall–Kier alpha value is -1.63. The van der Waals surface area contributed by atoms with Crippen molar-refractivity contribution in [3.63, 3.8) is 0 Å². The highest BCUT2D eigenvalue weighted by Gasteiger charge is 2.24. The molecule has 158 valence electrons. The topological polar surface area (TPSA) is 75.9 Å². The van der Waals surface area contributed by atoms with Gasteiger partial charge >= 0.3 is 0 Å². The summed E-state index contributed by atoms with van der Waals surface area (Å²) in [4.78, 5) is 28.3. The summed E-state index contributed by atoms with van der Waals surface area (Å²) in [7, 11) is 1.81. The molecule has 2 N–H and O–H groups in total. The number of carbonyl (C=O) groups is 2. The summed E-state index contributed by atoms with van der Waals surface area (Å²) in [5, 5.41) is 0. The van der Waals surface area contributed by atoms with E-state index in [9.17, 15) is 9.59 Å². The monoisotopic (exact) mass is 411 g/mol. The minimum atomic E-state index is -0.0157. The maximum Gasteiger partial charge on any atom is 0.253 e. The Labute approximate surface area is 174 Å². The summed E-state index contributed by atoms with van der Waals surface area (Å²) in [6, 6.07) is 7.57.